The maximum absolute atomic E-state index is 5.80. The van der Waals surface area contributed by atoms with Gasteiger partial charge in [-0.2, -0.15) is 0 Å². The topological polar surface area (TPSA) is 0 Å². The van der Waals surface area contributed by atoms with Gasteiger partial charge in [0, 0.05) is 0 Å². The fraction of sp³-hybridized carbons (Fsp3) is 0.667. The molecule has 1 nitrogen and oxygen atoms in total. The normalized spacial score (nSPS) is 15.5. The van der Waals surface area contributed by atoms with E-state index in [1.807, 2.05) is 21.1 Å². The molecule has 0 amide bonds. The van der Waals surface area contributed by atoms with Gasteiger partial charge in [0.1, 0.15) is 0 Å². The van der Waals surface area contributed by atoms with Gasteiger partial charge in [-0.15, -0.1) is 0 Å². The van der Waals surface area contributed by atoms with E-state index in [2.05, 4.69) is 6.58 Å². The minimum Gasteiger partial charge on any atom is -0.312 e. The molecule has 0 spiro atoms. The van der Waals surface area contributed by atoms with E-state index in [1.165, 1.54) is 0 Å². The van der Waals surface area contributed by atoms with E-state index in [1.54, 1.807) is 6.08 Å². The second-order valence-corrected chi connectivity index (χ2v) is 3.17. The number of hydrogen-bond acceptors (Lipinski definition) is 0. The van der Waals surface area contributed by atoms with Crippen molar-refractivity contribution in [2.45, 2.75) is 5.50 Å². The molecule has 0 aromatic heterocycles. The average Bonchev–Trinajstić information content (AvgIpc) is 1.62. The Bertz CT molecular complexity index is 83.0. The minimum absolute atomic E-state index is 0.0231. The molecule has 0 heterocycles. The fourth-order valence-electron chi connectivity index (χ4n) is 0.316. The molecule has 0 aliphatic carbocycles. The van der Waals surface area contributed by atoms with Gasteiger partial charge in [0.25, 0.3) is 0 Å². The van der Waals surface area contributed by atoms with Gasteiger partial charge in [-0.25, -0.2) is 0 Å². The SMILES string of the molecule is C=CC(Cl)[N+](C)(C)C. The van der Waals surface area contributed by atoms with E-state index in [0.29, 0.717) is 0 Å². The van der Waals surface area contributed by atoms with Crippen molar-refractivity contribution in [2.24, 2.45) is 0 Å². The van der Waals surface area contributed by atoms with Crippen molar-refractivity contribution in [1.29, 1.82) is 0 Å². The lowest BCUT2D eigenvalue weighted by molar-refractivity contribution is -0.876. The molecule has 0 saturated heterocycles. The van der Waals surface area contributed by atoms with Gasteiger partial charge in [-0.3, -0.25) is 0 Å². The Hall–Kier alpha value is -0.0100. The predicted octanol–water partition coefficient (Wildman–Crippen LogP) is 1.44. The van der Waals surface area contributed by atoms with Crippen LogP contribution in [0.1, 0.15) is 0 Å². The van der Waals surface area contributed by atoms with Crippen LogP contribution in [0.3, 0.4) is 0 Å². The highest BCUT2D eigenvalue weighted by Crippen LogP contribution is 2.06. The number of quaternary nitrogens is 1. The summed E-state index contributed by atoms with van der Waals surface area (Å²) in [6.45, 7) is 3.58. The third kappa shape index (κ3) is 2.34. The molecular weight excluding hydrogens is 122 g/mol. The lowest BCUT2D eigenvalue weighted by Crippen LogP contribution is -2.40. The first-order chi connectivity index (χ1) is 3.48. The molecule has 0 aromatic rings. The average molecular weight is 135 g/mol. The molecule has 0 aliphatic rings. The Labute approximate surface area is 56.1 Å². The summed E-state index contributed by atoms with van der Waals surface area (Å²) in [6.07, 6.45) is 1.74. The van der Waals surface area contributed by atoms with E-state index in [-0.39, 0.29) is 5.50 Å². The van der Waals surface area contributed by atoms with E-state index in [9.17, 15) is 0 Å². The highest BCUT2D eigenvalue weighted by molar-refractivity contribution is 6.20. The Morgan fingerprint density at radius 1 is 1.50 bits per heavy atom. The van der Waals surface area contributed by atoms with Crippen LogP contribution in [0.5, 0.6) is 0 Å². The molecule has 0 bridgehead atoms. The first-order valence-corrected chi connectivity index (χ1v) is 3.00. The fourth-order valence-corrected chi connectivity index (χ4v) is 0.316. The first kappa shape index (κ1) is 7.99. The van der Waals surface area contributed by atoms with Gasteiger partial charge in [0.15, 0.2) is 5.50 Å². The molecule has 0 aliphatic heterocycles. The van der Waals surface area contributed by atoms with E-state index < -0.39 is 0 Å². The molecule has 2 heteroatoms. The monoisotopic (exact) mass is 134 g/mol. The summed E-state index contributed by atoms with van der Waals surface area (Å²) in [5, 5.41) is 0. The Balaban J connectivity index is 3.80. The second kappa shape index (κ2) is 2.51. The van der Waals surface area contributed by atoms with E-state index in [4.69, 9.17) is 11.6 Å². The number of likely N-dealkylation sites (N-methyl/N-ethyl adjacent to an activating group) is 1. The first-order valence-electron chi connectivity index (χ1n) is 2.56. The zero-order chi connectivity index (χ0) is 6.78. The van der Waals surface area contributed by atoms with Crippen LogP contribution in [-0.4, -0.2) is 31.1 Å². The van der Waals surface area contributed by atoms with Gasteiger partial charge in [0.05, 0.1) is 21.1 Å². The molecule has 0 fully saturated rings. The summed E-state index contributed by atoms with van der Waals surface area (Å²) < 4.78 is 0.727. The molecule has 8 heavy (non-hydrogen) atoms. The second-order valence-electron chi connectivity index (χ2n) is 2.72. The van der Waals surface area contributed by atoms with Crippen LogP contribution in [0.4, 0.5) is 0 Å². The van der Waals surface area contributed by atoms with Crippen LogP contribution in [0.15, 0.2) is 12.7 Å². The van der Waals surface area contributed by atoms with Crippen molar-refractivity contribution in [3.63, 3.8) is 0 Å². The van der Waals surface area contributed by atoms with Gasteiger partial charge in [-0.1, -0.05) is 18.2 Å². The Morgan fingerprint density at radius 2 is 1.88 bits per heavy atom. The third-order valence-corrected chi connectivity index (χ3v) is 1.70. The quantitative estimate of drug-likeness (QED) is 0.232. The van der Waals surface area contributed by atoms with Gasteiger partial charge < -0.3 is 4.48 Å². The zero-order valence-electron chi connectivity index (χ0n) is 5.69. The van der Waals surface area contributed by atoms with Crippen LogP contribution in [-0.2, 0) is 0 Å². The molecule has 0 saturated carbocycles. The maximum atomic E-state index is 5.80. The van der Waals surface area contributed by atoms with Crippen molar-refractivity contribution in [2.75, 3.05) is 21.1 Å². The highest BCUT2D eigenvalue weighted by Gasteiger charge is 2.15. The van der Waals surface area contributed by atoms with Crippen molar-refractivity contribution < 1.29 is 4.48 Å². The van der Waals surface area contributed by atoms with E-state index >= 15 is 0 Å². The molecule has 1 unspecified atom stereocenters. The molecule has 0 aromatic carbocycles. The molecule has 0 radical (unpaired) electrons. The number of hydrogen-bond donors (Lipinski definition) is 0. The number of rotatable bonds is 2. The smallest absolute Gasteiger partial charge is 0.183 e. The molecule has 0 rings (SSSR count). The summed E-state index contributed by atoms with van der Waals surface area (Å²) in [4.78, 5) is 0. The van der Waals surface area contributed by atoms with Crippen molar-refractivity contribution >= 4 is 11.6 Å². The maximum Gasteiger partial charge on any atom is 0.183 e. The van der Waals surface area contributed by atoms with Crippen LogP contribution in [0, 0.1) is 0 Å². The Morgan fingerprint density at radius 3 is 1.88 bits per heavy atom. The standard InChI is InChI=1S/C6H13ClN/c1-5-6(7)8(2,3)4/h5-6H,1H2,2-4H3/q+1. The van der Waals surface area contributed by atoms with Crippen LogP contribution >= 0.6 is 11.6 Å². The van der Waals surface area contributed by atoms with Crippen LogP contribution in [0.25, 0.3) is 0 Å². The lowest BCUT2D eigenvalue weighted by atomic mass is 10.5. The molecular formula is C6H13ClN+. The zero-order valence-corrected chi connectivity index (χ0v) is 6.44. The van der Waals surface area contributed by atoms with E-state index in [0.717, 1.165) is 4.48 Å². The molecule has 0 N–H and O–H groups in total. The highest BCUT2D eigenvalue weighted by atomic mass is 35.5. The number of nitrogens with zero attached hydrogens (tertiary/aromatic N) is 1. The van der Waals surface area contributed by atoms with Crippen LogP contribution < -0.4 is 0 Å². The number of halogens is 1. The van der Waals surface area contributed by atoms with Crippen molar-refractivity contribution in [3.8, 4) is 0 Å². The van der Waals surface area contributed by atoms with Gasteiger partial charge in [-0.05, 0) is 6.08 Å². The van der Waals surface area contributed by atoms with Crippen LogP contribution in [0.2, 0.25) is 0 Å². The summed E-state index contributed by atoms with van der Waals surface area (Å²) in [7, 11) is 6.08. The summed E-state index contributed by atoms with van der Waals surface area (Å²) >= 11 is 5.80. The minimum atomic E-state index is 0.0231. The summed E-state index contributed by atoms with van der Waals surface area (Å²) in [6, 6.07) is 0. The summed E-state index contributed by atoms with van der Waals surface area (Å²) in [5.41, 5.74) is 0.0231. The van der Waals surface area contributed by atoms with Gasteiger partial charge >= 0.3 is 0 Å². The predicted molar refractivity (Wildman–Crippen MR) is 37.9 cm³/mol. The Kier molecular flexibility index (Phi) is 2.51. The molecule has 1 atom stereocenters. The lowest BCUT2D eigenvalue weighted by Gasteiger charge is -2.26. The van der Waals surface area contributed by atoms with Crippen molar-refractivity contribution in [1.82, 2.24) is 0 Å². The molecule has 48 valence electrons. The third-order valence-electron chi connectivity index (χ3n) is 0.934. The number of alkyl halides is 1. The summed E-state index contributed by atoms with van der Waals surface area (Å²) in [5.74, 6) is 0. The largest absolute Gasteiger partial charge is 0.312 e. The van der Waals surface area contributed by atoms with Crippen molar-refractivity contribution in [3.05, 3.63) is 12.7 Å². The van der Waals surface area contributed by atoms with Gasteiger partial charge in [0.2, 0.25) is 0 Å².